The summed E-state index contributed by atoms with van der Waals surface area (Å²) in [5, 5.41) is 9.79. The third kappa shape index (κ3) is 3.73. The van der Waals surface area contributed by atoms with Crippen LogP contribution in [0.4, 0.5) is 17.1 Å². The number of sulfone groups is 1. The van der Waals surface area contributed by atoms with Crippen molar-refractivity contribution in [3.05, 3.63) is 76.1 Å². The fourth-order valence-electron chi connectivity index (χ4n) is 3.50. The molecule has 0 aliphatic carbocycles. The van der Waals surface area contributed by atoms with Crippen molar-refractivity contribution in [2.75, 3.05) is 16.9 Å². The van der Waals surface area contributed by atoms with E-state index in [2.05, 4.69) is 11.1 Å². The molecule has 2 heterocycles. The van der Waals surface area contributed by atoms with E-state index in [4.69, 9.17) is 17.3 Å². The van der Waals surface area contributed by atoms with Gasteiger partial charge in [0.2, 0.25) is 0 Å². The van der Waals surface area contributed by atoms with Gasteiger partial charge in [-0.3, -0.25) is 14.7 Å². The van der Waals surface area contributed by atoms with Crippen molar-refractivity contribution in [1.82, 2.24) is 4.98 Å². The number of nitrogen functional groups attached to an aromatic ring is 1. The number of pyridine rings is 1. The number of anilines is 3. The van der Waals surface area contributed by atoms with E-state index in [0.29, 0.717) is 50.0 Å². The number of halogens is 1. The Labute approximate surface area is 190 Å². The number of hydrogen-bond donors (Lipinski definition) is 1. The molecule has 2 aromatic carbocycles. The highest BCUT2D eigenvalue weighted by molar-refractivity contribution is 7.90. The number of fused-ring (bicyclic) bond motifs is 1. The summed E-state index contributed by atoms with van der Waals surface area (Å²) in [7, 11) is -3.37. The third-order valence-corrected chi connectivity index (χ3v) is 6.59. The van der Waals surface area contributed by atoms with Gasteiger partial charge in [-0.25, -0.2) is 8.42 Å². The second-order valence-electron chi connectivity index (χ2n) is 7.39. The fraction of sp³-hybridized carbons (Fsp3) is 0.0870. The third-order valence-electron chi connectivity index (χ3n) is 5.15. The first-order chi connectivity index (χ1) is 15.1. The highest BCUT2D eigenvalue weighted by atomic mass is 35.5. The summed E-state index contributed by atoms with van der Waals surface area (Å²) in [6.07, 6.45) is 4.12. The largest absolute Gasteiger partial charge is 0.397 e. The number of nitrogens with zero attached hydrogens (tertiary/aromatic N) is 3. The number of aromatic nitrogens is 1. The minimum Gasteiger partial charge on any atom is -0.397 e. The normalized spacial score (nSPS) is 14.5. The van der Waals surface area contributed by atoms with Crippen LogP contribution in [0.2, 0.25) is 5.02 Å². The van der Waals surface area contributed by atoms with Gasteiger partial charge < -0.3 is 5.73 Å². The van der Waals surface area contributed by atoms with Crippen molar-refractivity contribution in [3.63, 3.8) is 0 Å². The molecule has 0 bridgehead atoms. The molecule has 1 aromatic heterocycles. The summed E-state index contributed by atoms with van der Waals surface area (Å²) in [6.45, 7) is 1.79. The number of hydrogen-bond acceptors (Lipinski definition) is 6. The summed E-state index contributed by atoms with van der Waals surface area (Å²) >= 11 is 5.95. The zero-order valence-corrected chi connectivity index (χ0v) is 18.7. The second-order valence-corrected chi connectivity index (χ2v) is 9.81. The van der Waals surface area contributed by atoms with Crippen LogP contribution in [0, 0.1) is 18.3 Å². The maximum atomic E-state index is 13.5. The molecule has 0 spiro atoms. The number of carbonyl (C=O) groups is 1. The number of carbonyl (C=O) groups excluding carboxylic acids is 1. The van der Waals surface area contributed by atoms with Gasteiger partial charge in [0.15, 0.2) is 9.84 Å². The smallest absolute Gasteiger partial charge is 0.263 e. The zero-order valence-electron chi connectivity index (χ0n) is 17.1. The van der Waals surface area contributed by atoms with Gasteiger partial charge in [0, 0.05) is 23.7 Å². The van der Waals surface area contributed by atoms with Crippen LogP contribution in [-0.4, -0.2) is 25.6 Å². The SMILES string of the molecule is Cc1cc2c(cc1C#N)C(=Cc1cc(N)c(Cl)cn1)C(=O)N2c1ccc(S(C)(=O)=O)cc1. The van der Waals surface area contributed by atoms with Gasteiger partial charge in [-0.1, -0.05) is 11.6 Å². The molecular weight excluding hydrogens is 448 g/mol. The molecule has 1 aliphatic rings. The molecule has 1 aliphatic heterocycles. The zero-order chi connectivity index (χ0) is 23.2. The Kier molecular flexibility index (Phi) is 5.25. The van der Waals surface area contributed by atoms with Crippen molar-refractivity contribution in [2.24, 2.45) is 0 Å². The summed E-state index contributed by atoms with van der Waals surface area (Å²) in [5.74, 6) is -0.336. The molecule has 0 saturated heterocycles. The lowest BCUT2D eigenvalue weighted by molar-refractivity contribution is -0.112. The first-order valence-corrected chi connectivity index (χ1v) is 11.7. The van der Waals surface area contributed by atoms with Gasteiger partial charge in [-0.2, -0.15) is 5.26 Å². The first kappa shape index (κ1) is 21.6. The molecule has 4 rings (SSSR count). The highest BCUT2D eigenvalue weighted by Gasteiger charge is 2.34. The van der Waals surface area contributed by atoms with E-state index in [9.17, 15) is 18.5 Å². The average molecular weight is 465 g/mol. The van der Waals surface area contributed by atoms with Crippen molar-refractivity contribution < 1.29 is 13.2 Å². The van der Waals surface area contributed by atoms with Gasteiger partial charge in [0.25, 0.3) is 5.91 Å². The van der Waals surface area contributed by atoms with E-state index >= 15 is 0 Å². The van der Waals surface area contributed by atoms with Gasteiger partial charge in [0.05, 0.1) is 44.2 Å². The van der Waals surface area contributed by atoms with E-state index in [1.807, 2.05) is 0 Å². The number of amides is 1. The Balaban J connectivity index is 1.90. The molecular formula is C23H17ClN4O3S. The van der Waals surface area contributed by atoms with Crippen molar-refractivity contribution in [2.45, 2.75) is 11.8 Å². The monoisotopic (exact) mass is 464 g/mol. The van der Waals surface area contributed by atoms with Crippen LogP contribution in [0.5, 0.6) is 0 Å². The Morgan fingerprint density at radius 1 is 1.19 bits per heavy atom. The molecule has 3 aromatic rings. The van der Waals surface area contributed by atoms with Crippen LogP contribution in [0.15, 0.2) is 53.6 Å². The van der Waals surface area contributed by atoms with Crippen LogP contribution in [0.3, 0.4) is 0 Å². The van der Waals surface area contributed by atoms with Crippen LogP contribution in [0.25, 0.3) is 11.6 Å². The van der Waals surface area contributed by atoms with Crippen LogP contribution in [0.1, 0.15) is 22.4 Å². The van der Waals surface area contributed by atoms with Gasteiger partial charge in [-0.15, -0.1) is 0 Å². The van der Waals surface area contributed by atoms with E-state index in [1.54, 1.807) is 43.3 Å². The fourth-order valence-corrected chi connectivity index (χ4v) is 4.23. The molecule has 0 fully saturated rings. The molecule has 9 heteroatoms. The predicted molar refractivity (Wildman–Crippen MR) is 124 cm³/mol. The van der Waals surface area contributed by atoms with Gasteiger partial charge >= 0.3 is 0 Å². The molecule has 2 N–H and O–H groups in total. The highest BCUT2D eigenvalue weighted by Crippen LogP contribution is 2.43. The maximum absolute atomic E-state index is 13.5. The number of benzene rings is 2. The van der Waals surface area contributed by atoms with Gasteiger partial charge in [-0.05, 0) is 61.0 Å². The Morgan fingerprint density at radius 3 is 2.47 bits per heavy atom. The molecule has 1 amide bonds. The predicted octanol–water partition coefficient (Wildman–Crippen LogP) is 4.12. The molecule has 0 atom stereocenters. The summed E-state index contributed by atoms with van der Waals surface area (Å²) in [6, 6.07) is 13.2. The quantitative estimate of drug-likeness (QED) is 0.582. The average Bonchev–Trinajstić information content (AvgIpc) is 3.00. The minimum absolute atomic E-state index is 0.153. The lowest BCUT2D eigenvalue weighted by Crippen LogP contribution is -2.20. The van der Waals surface area contributed by atoms with Crippen molar-refractivity contribution in [3.8, 4) is 6.07 Å². The minimum atomic E-state index is -3.37. The van der Waals surface area contributed by atoms with Crippen LogP contribution >= 0.6 is 11.6 Å². The summed E-state index contributed by atoms with van der Waals surface area (Å²) in [4.78, 5) is 19.3. The molecule has 160 valence electrons. The number of aryl methyl sites for hydroxylation is 1. The van der Waals surface area contributed by atoms with Gasteiger partial charge in [0.1, 0.15) is 0 Å². The molecule has 0 unspecified atom stereocenters. The first-order valence-electron chi connectivity index (χ1n) is 9.42. The van der Waals surface area contributed by atoms with Crippen LogP contribution < -0.4 is 10.6 Å². The van der Waals surface area contributed by atoms with E-state index in [0.717, 1.165) is 6.26 Å². The Hall–Kier alpha value is -3.67. The lowest BCUT2D eigenvalue weighted by atomic mass is 10.00. The summed E-state index contributed by atoms with van der Waals surface area (Å²) < 4.78 is 23.6. The lowest BCUT2D eigenvalue weighted by Gasteiger charge is -2.18. The molecule has 32 heavy (non-hydrogen) atoms. The van der Waals surface area contributed by atoms with Crippen molar-refractivity contribution in [1.29, 1.82) is 5.26 Å². The topological polar surface area (TPSA) is 117 Å². The molecule has 7 nitrogen and oxygen atoms in total. The standard InChI is InChI=1S/C23H17ClN4O3S/c1-13-7-22-18(8-14(13)11-25)19(9-15-10-21(26)20(24)12-27-15)23(29)28(22)16-3-5-17(6-4-16)32(2,30)31/h3-10,12H,1-2H3,(H2,26,27). The Bertz CT molecular complexity index is 1460. The number of rotatable bonds is 3. The Morgan fingerprint density at radius 2 is 1.88 bits per heavy atom. The van der Waals surface area contributed by atoms with E-state index in [1.165, 1.54) is 23.2 Å². The number of nitriles is 1. The number of nitrogens with two attached hydrogens (primary N) is 1. The van der Waals surface area contributed by atoms with E-state index in [-0.39, 0.29) is 10.8 Å². The summed E-state index contributed by atoms with van der Waals surface area (Å²) in [5.41, 5.74) is 9.79. The molecule has 0 radical (unpaired) electrons. The molecule has 0 saturated carbocycles. The second kappa shape index (κ2) is 7.79. The maximum Gasteiger partial charge on any atom is 0.263 e. The van der Waals surface area contributed by atoms with E-state index < -0.39 is 9.84 Å². The van der Waals surface area contributed by atoms with Crippen molar-refractivity contribution >= 4 is 56.1 Å². The van der Waals surface area contributed by atoms with Crippen LogP contribution in [-0.2, 0) is 14.6 Å².